The average Bonchev–Trinajstić information content (AvgIpc) is 3.16. The van der Waals surface area contributed by atoms with E-state index in [-0.39, 0.29) is 5.75 Å². The van der Waals surface area contributed by atoms with Crippen LogP contribution in [-0.2, 0) is 13.5 Å². The number of hydrogen-bond acceptors (Lipinski definition) is 4. The summed E-state index contributed by atoms with van der Waals surface area (Å²) in [7, 11) is 1.96. The minimum absolute atomic E-state index is 0.210. The number of imidazole rings is 1. The number of benzene rings is 2. The monoisotopic (exact) mass is 434 g/mol. The van der Waals surface area contributed by atoms with E-state index in [1.807, 2.05) is 66.6 Å². The summed E-state index contributed by atoms with van der Waals surface area (Å²) in [6.45, 7) is 4.46. The van der Waals surface area contributed by atoms with E-state index in [0.717, 1.165) is 39.8 Å². The van der Waals surface area contributed by atoms with Gasteiger partial charge in [-0.15, -0.1) is 0 Å². The van der Waals surface area contributed by atoms with Gasteiger partial charge in [0.2, 0.25) is 0 Å². The van der Waals surface area contributed by atoms with Crippen LogP contribution in [-0.4, -0.2) is 24.6 Å². The fourth-order valence-electron chi connectivity index (χ4n) is 4.33. The first-order chi connectivity index (χ1) is 16.0. The largest absolute Gasteiger partial charge is 0.507 e. The summed E-state index contributed by atoms with van der Waals surface area (Å²) in [5, 5.41) is 10.4. The smallest absolute Gasteiger partial charge is 0.144 e. The maximum Gasteiger partial charge on any atom is 0.144 e. The molecule has 0 unspecified atom stereocenters. The molecule has 164 valence electrons. The van der Waals surface area contributed by atoms with Gasteiger partial charge in [0.1, 0.15) is 17.1 Å². The van der Waals surface area contributed by atoms with E-state index in [1.54, 1.807) is 6.07 Å². The third-order valence-electron chi connectivity index (χ3n) is 5.85. The molecule has 0 bridgehead atoms. The molecule has 0 radical (unpaired) electrons. The number of nitrogens with zero attached hydrogens (tertiary/aromatic N) is 4. The Balaban J connectivity index is 1.72. The van der Waals surface area contributed by atoms with Crippen LogP contribution in [0.25, 0.3) is 44.8 Å². The number of aromatic nitrogens is 4. The normalized spacial score (nSPS) is 11.4. The summed E-state index contributed by atoms with van der Waals surface area (Å²) in [5.41, 5.74) is 7.79. The van der Waals surface area contributed by atoms with Gasteiger partial charge in [-0.1, -0.05) is 38.1 Å². The second kappa shape index (κ2) is 8.51. The van der Waals surface area contributed by atoms with Gasteiger partial charge in [-0.2, -0.15) is 0 Å². The van der Waals surface area contributed by atoms with Gasteiger partial charge in [0.25, 0.3) is 0 Å². The molecule has 3 heterocycles. The van der Waals surface area contributed by atoms with Gasteiger partial charge >= 0.3 is 0 Å². The van der Waals surface area contributed by atoms with Crippen LogP contribution in [0.1, 0.15) is 19.4 Å². The molecule has 5 nitrogen and oxygen atoms in total. The van der Waals surface area contributed by atoms with E-state index >= 15 is 0 Å². The summed E-state index contributed by atoms with van der Waals surface area (Å²) in [6.07, 6.45) is 6.50. The van der Waals surface area contributed by atoms with Crippen molar-refractivity contribution in [2.75, 3.05) is 0 Å². The number of aromatic hydroxyl groups is 1. The molecule has 0 aliphatic carbocycles. The van der Waals surface area contributed by atoms with Crippen molar-refractivity contribution in [2.45, 2.75) is 20.3 Å². The number of fused-ring (bicyclic) bond motifs is 1. The zero-order valence-electron chi connectivity index (χ0n) is 19.0. The number of para-hydroxylation sites is 1. The Kier molecular flexibility index (Phi) is 5.38. The van der Waals surface area contributed by atoms with Crippen LogP contribution in [0.2, 0.25) is 0 Å². The van der Waals surface area contributed by atoms with E-state index in [0.29, 0.717) is 17.3 Å². The van der Waals surface area contributed by atoms with Crippen molar-refractivity contribution in [3.05, 3.63) is 84.8 Å². The highest BCUT2D eigenvalue weighted by molar-refractivity contribution is 5.94. The van der Waals surface area contributed by atoms with Crippen LogP contribution in [0.15, 0.2) is 79.3 Å². The predicted octanol–water partition coefficient (Wildman–Crippen LogP) is 6.27. The first kappa shape index (κ1) is 20.9. The minimum Gasteiger partial charge on any atom is -0.507 e. The third-order valence-corrected chi connectivity index (χ3v) is 5.85. The highest BCUT2D eigenvalue weighted by Crippen LogP contribution is 2.35. The van der Waals surface area contributed by atoms with Crippen LogP contribution in [0.4, 0.5) is 0 Å². The molecule has 0 fully saturated rings. The Hall–Kier alpha value is -3.99. The Morgan fingerprint density at radius 3 is 2.45 bits per heavy atom. The Morgan fingerprint density at radius 1 is 0.909 bits per heavy atom. The topological polar surface area (TPSA) is 63.8 Å². The number of aryl methyl sites for hydroxylation is 1. The number of hydrogen-bond donors (Lipinski definition) is 1. The molecule has 0 aliphatic heterocycles. The summed E-state index contributed by atoms with van der Waals surface area (Å²) >= 11 is 0. The van der Waals surface area contributed by atoms with Crippen LogP contribution in [0.3, 0.4) is 0 Å². The molecule has 1 N–H and O–H groups in total. The second-order valence-electron chi connectivity index (χ2n) is 8.80. The molecular formula is C28H26N4O. The fourth-order valence-corrected chi connectivity index (χ4v) is 4.33. The van der Waals surface area contributed by atoms with E-state index in [4.69, 9.17) is 4.98 Å². The Morgan fingerprint density at radius 2 is 1.70 bits per heavy atom. The predicted molar refractivity (Wildman–Crippen MR) is 133 cm³/mol. The Bertz CT molecular complexity index is 1440. The number of pyridine rings is 2. The number of rotatable bonds is 5. The van der Waals surface area contributed by atoms with Gasteiger partial charge in [-0.25, -0.2) is 4.98 Å². The molecule has 0 saturated heterocycles. The molecule has 0 atom stereocenters. The van der Waals surface area contributed by atoms with Crippen molar-refractivity contribution in [3.8, 4) is 39.5 Å². The third kappa shape index (κ3) is 3.98. The van der Waals surface area contributed by atoms with Crippen LogP contribution < -0.4 is 0 Å². The SMILES string of the molecule is CC(C)Cc1cc(-c2ccccn2)cc(-c2cncc3c2nc(-c2ccccc2O)n3C)c1. The average molecular weight is 435 g/mol. The van der Waals surface area contributed by atoms with Crippen molar-refractivity contribution in [1.82, 2.24) is 19.5 Å². The molecule has 0 spiro atoms. The standard InChI is InChI=1S/C28H26N4O/c1-18(2)12-19-13-20(15-21(14-19)24-9-6-7-11-30-24)23-16-29-17-25-27(23)31-28(32(25)3)22-8-4-5-10-26(22)33/h4-11,13-18,33H,12H2,1-3H3. The van der Waals surface area contributed by atoms with E-state index in [1.165, 1.54) is 5.56 Å². The summed E-state index contributed by atoms with van der Waals surface area (Å²) < 4.78 is 1.98. The lowest BCUT2D eigenvalue weighted by Crippen LogP contribution is -1.96. The maximum atomic E-state index is 10.4. The first-order valence-corrected chi connectivity index (χ1v) is 11.2. The quantitative estimate of drug-likeness (QED) is 0.354. The molecule has 5 aromatic rings. The molecule has 2 aromatic carbocycles. The Labute approximate surface area is 193 Å². The first-order valence-electron chi connectivity index (χ1n) is 11.2. The molecule has 5 rings (SSSR count). The van der Waals surface area contributed by atoms with Gasteiger partial charge in [0, 0.05) is 30.6 Å². The lowest BCUT2D eigenvalue weighted by atomic mass is 9.94. The van der Waals surface area contributed by atoms with Crippen molar-refractivity contribution < 1.29 is 5.11 Å². The highest BCUT2D eigenvalue weighted by Gasteiger charge is 2.17. The summed E-state index contributed by atoms with van der Waals surface area (Å²) in [6, 6.07) is 19.9. The van der Waals surface area contributed by atoms with Crippen molar-refractivity contribution in [1.29, 1.82) is 0 Å². The molecule has 33 heavy (non-hydrogen) atoms. The number of phenolic OH excluding ortho intramolecular Hbond substituents is 1. The summed E-state index contributed by atoms with van der Waals surface area (Å²) in [5.74, 6) is 1.45. The van der Waals surface area contributed by atoms with Gasteiger partial charge in [0.15, 0.2) is 0 Å². The van der Waals surface area contributed by atoms with Crippen molar-refractivity contribution in [2.24, 2.45) is 13.0 Å². The zero-order chi connectivity index (χ0) is 22.9. The van der Waals surface area contributed by atoms with Crippen LogP contribution in [0, 0.1) is 5.92 Å². The van der Waals surface area contributed by atoms with Gasteiger partial charge in [-0.3, -0.25) is 9.97 Å². The van der Waals surface area contributed by atoms with Crippen molar-refractivity contribution >= 4 is 11.0 Å². The molecule has 0 saturated carbocycles. The van der Waals surface area contributed by atoms with Gasteiger partial charge in [-0.05, 0) is 59.9 Å². The minimum atomic E-state index is 0.210. The molecule has 5 heteroatoms. The van der Waals surface area contributed by atoms with E-state index < -0.39 is 0 Å². The molecular weight excluding hydrogens is 408 g/mol. The number of phenols is 1. The zero-order valence-corrected chi connectivity index (χ0v) is 19.0. The lowest BCUT2D eigenvalue weighted by molar-refractivity contribution is 0.476. The van der Waals surface area contributed by atoms with Crippen molar-refractivity contribution in [3.63, 3.8) is 0 Å². The van der Waals surface area contributed by atoms with Gasteiger partial charge < -0.3 is 9.67 Å². The fraction of sp³-hybridized carbons (Fsp3) is 0.179. The molecule has 3 aromatic heterocycles. The summed E-state index contributed by atoms with van der Waals surface area (Å²) in [4.78, 5) is 14.1. The molecule has 0 aliphatic rings. The van der Waals surface area contributed by atoms with Crippen LogP contribution >= 0.6 is 0 Å². The van der Waals surface area contributed by atoms with E-state index in [2.05, 4.69) is 42.0 Å². The molecule has 0 amide bonds. The van der Waals surface area contributed by atoms with Gasteiger partial charge in [0.05, 0.1) is 23.0 Å². The second-order valence-corrected chi connectivity index (χ2v) is 8.80. The van der Waals surface area contributed by atoms with E-state index in [9.17, 15) is 5.11 Å². The van der Waals surface area contributed by atoms with Crippen LogP contribution in [0.5, 0.6) is 5.75 Å². The maximum absolute atomic E-state index is 10.4. The lowest BCUT2D eigenvalue weighted by Gasteiger charge is -2.12. The highest BCUT2D eigenvalue weighted by atomic mass is 16.3.